The van der Waals surface area contributed by atoms with E-state index in [1.165, 1.54) is 22.3 Å². The van der Waals surface area contributed by atoms with Gasteiger partial charge in [0.15, 0.2) is 0 Å². The lowest BCUT2D eigenvalue weighted by Gasteiger charge is -2.15. The lowest BCUT2D eigenvalue weighted by molar-refractivity contribution is 0.443. The van der Waals surface area contributed by atoms with Gasteiger partial charge in [-0.05, 0) is 51.9 Å². The molecule has 1 N–H and O–H groups in total. The van der Waals surface area contributed by atoms with E-state index >= 15 is 0 Å². The van der Waals surface area contributed by atoms with Crippen molar-refractivity contribution in [3.63, 3.8) is 0 Å². The van der Waals surface area contributed by atoms with Gasteiger partial charge >= 0.3 is 0 Å². The van der Waals surface area contributed by atoms with Crippen molar-refractivity contribution < 1.29 is 4.42 Å². The van der Waals surface area contributed by atoms with Gasteiger partial charge in [0, 0.05) is 0 Å². The van der Waals surface area contributed by atoms with E-state index in [0.29, 0.717) is 0 Å². The van der Waals surface area contributed by atoms with E-state index < -0.39 is 0 Å². The molecule has 0 radical (unpaired) electrons. The van der Waals surface area contributed by atoms with Gasteiger partial charge in [0.1, 0.15) is 11.5 Å². The highest BCUT2D eigenvalue weighted by Gasteiger charge is 2.17. The van der Waals surface area contributed by atoms with Crippen LogP contribution in [-0.4, -0.2) is 7.05 Å². The minimum absolute atomic E-state index is 0.121. The second-order valence-electron chi connectivity index (χ2n) is 5.03. The van der Waals surface area contributed by atoms with E-state index in [0.717, 1.165) is 11.5 Å². The molecule has 1 atom stereocenters. The molecule has 2 aromatic rings. The average Bonchev–Trinajstić information content (AvgIpc) is 2.58. The summed E-state index contributed by atoms with van der Waals surface area (Å²) in [6.45, 7) is 8.34. The van der Waals surface area contributed by atoms with E-state index in [-0.39, 0.29) is 6.04 Å². The van der Waals surface area contributed by atoms with Crippen LogP contribution in [0, 0.1) is 27.7 Å². The third kappa shape index (κ3) is 2.49. The predicted octanol–water partition coefficient (Wildman–Crippen LogP) is 3.82. The smallest absolute Gasteiger partial charge is 0.125 e. The van der Waals surface area contributed by atoms with Crippen LogP contribution in [0.4, 0.5) is 0 Å². The topological polar surface area (TPSA) is 25.2 Å². The molecule has 1 aromatic carbocycles. The van der Waals surface area contributed by atoms with Crippen molar-refractivity contribution in [3.05, 3.63) is 58.0 Å². The zero-order valence-electron chi connectivity index (χ0n) is 11.8. The Kier molecular flexibility index (Phi) is 3.58. The van der Waals surface area contributed by atoms with Gasteiger partial charge in [0.05, 0.1) is 6.04 Å². The van der Waals surface area contributed by atoms with Gasteiger partial charge in [0.2, 0.25) is 0 Å². The molecule has 0 saturated carbocycles. The van der Waals surface area contributed by atoms with E-state index in [9.17, 15) is 0 Å². The Morgan fingerprint density at radius 3 is 2.00 bits per heavy atom. The number of rotatable bonds is 3. The Morgan fingerprint density at radius 1 is 0.944 bits per heavy atom. The number of furan rings is 1. The SMILES string of the molecule is CNC(c1cc(C)cc(C)c1)c1cc(C)c(C)o1. The quantitative estimate of drug-likeness (QED) is 0.886. The molecule has 0 bridgehead atoms. The molecule has 2 rings (SSSR count). The summed E-state index contributed by atoms with van der Waals surface area (Å²) in [7, 11) is 1.97. The van der Waals surface area contributed by atoms with Crippen LogP contribution in [0.1, 0.15) is 39.8 Å². The Labute approximate surface area is 109 Å². The van der Waals surface area contributed by atoms with Crippen molar-refractivity contribution in [2.24, 2.45) is 0 Å². The Hall–Kier alpha value is -1.54. The Balaban J connectivity index is 2.44. The molecule has 2 nitrogen and oxygen atoms in total. The lowest BCUT2D eigenvalue weighted by Crippen LogP contribution is -2.17. The zero-order valence-corrected chi connectivity index (χ0v) is 11.8. The van der Waals surface area contributed by atoms with Gasteiger partial charge in [-0.3, -0.25) is 0 Å². The van der Waals surface area contributed by atoms with Gasteiger partial charge in [-0.25, -0.2) is 0 Å². The predicted molar refractivity (Wildman–Crippen MR) is 75.0 cm³/mol. The van der Waals surface area contributed by atoms with Crippen LogP contribution >= 0.6 is 0 Å². The number of benzene rings is 1. The van der Waals surface area contributed by atoms with Crippen molar-refractivity contribution in [1.82, 2.24) is 5.32 Å². The van der Waals surface area contributed by atoms with Crippen molar-refractivity contribution >= 4 is 0 Å². The minimum atomic E-state index is 0.121. The van der Waals surface area contributed by atoms with Crippen LogP contribution in [0.3, 0.4) is 0 Å². The third-order valence-electron chi connectivity index (χ3n) is 3.34. The highest BCUT2D eigenvalue weighted by molar-refractivity contribution is 5.35. The number of aryl methyl sites for hydroxylation is 4. The number of hydrogen-bond donors (Lipinski definition) is 1. The molecule has 0 spiro atoms. The normalized spacial score (nSPS) is 12.7. The summed E-state index contributed by atoms with van der Waals surface area (Å²) in [5, 5.41) is 3.34. The van der Waals surface area contributed by atoms with Crippen LogP contribution in [0.2, 0.25) is 0 Å². The summed E-state index contributed by atoms with van der Waals surface area (Å²) in [5.74, 6) is 1.98. The summed E-state index contributed by atoms with van der Waals surface area (Å²) in [5.41, 5.74) is 5.02. The van der Waals surface area contributed by atoms with Gasteiger partial charge < -0.3 is 9.73 Å². The summed E-state index contributed by atoms with van der Waals surface area (Å²) in [4.78, 5) is 0. The molecule has 0 fully saturated rings. The summed E-state index contributed by atoms with van der Waals surface area (Å²) in [6, 6.07) is 8.85. The number of hydrogen-bond acceptors (Lipinski definition) is 2. The summed E-state index contributed by atoms with van der Waals surface area (Å²) in [6.07, 6.45) is 0. The first kappa shape index (κ1) is 12.9. The number of nitrogens with one attached hydrogen (secondary N) is 1. The molecule has 2 heteroatoms. The maximum atomic E-state index is 5.84. The molecule has 1 aromatic heterocycles. The first-order valence-electron chi connectivity index (χ1n) is 6.33. The van der Waals surface area contributed by atoms with Crippen LogP contribution < -0.4 is 5.32 Å². The first-order valence-corrected chi connectivity index (χ1v) is 6.33. The summed E-state index contributed by atoms with van der Waals surface area (Å²) < 4.78 is 5.84. The molecule has 0 aliphatic heterocycles. The molecule has 18 heavy (non-hydrogen) atoms. The third-order valence-corrected chi connectivity index (χ3v) is 3.34. The Bertz CT molecular complexity index is 514. The molecule has 96 valence electrons. The van der Waals surface area contributed by atoms with Gasteiger partial charge in [-0.1, -0.05) is 29.3 Å². The maximum Gasteiger partial charge on any atom is 0.125 e. The maximum absolute atomic E-state index is 5.84. The fraction of sp³-hybridized carbons (Fsp3) is 0.375. The van der Waals surface area contributed by atoms with E-state index in [2.05, 4.69) is 50.4 Å². The van der Waals surface area contributed by atoms with E-state index in [4.69, 9.17) is 4.42 Å². The van der Waals surface area contributed by atoms with Crippen LogP contribution in [0.25, 0.3) is 0 Å². The Morgan fingerprint density at radius 2 is 1.56 bits per heavy atom. The molecule has 0 aliphatic rings. The second-order valence-corrected chi connectivity index (χ2v) is 5.03. The largest absolute Gasteiger partial charge is 0.464 e. The molecule has 0 aliphatic carbocycles. The fourth-order valence-electron chi connectivity index (χ4n) is 2.39. The average molecular weight is 243 g/mol. The van der Waals surface area contributed by atoms with Crippen molar-refractivity contribution in [3.8, 4) is 0 Å². The van der Waals surface area contributed by atoms with Crippen molar-refractivity contribution in [2.75, 3.05) is 7.05 Å². The molecule has 1 unspecified atom stereocenters. The minimum Gasteiger partial charge on any atom is -0.464 e. The van der Waals surface area contributed by atoms with Gasteiger partial charge in [-0.2, -0.15) is 0 Å². The highest BCUT2D eigenvalue weighted by atomic mass is 16.3. The fourth-order valence-corrected chi connectivity index (χ4v) is 2.39. The van der Waals surface area contributed by atoms with Crippen LogP contribution in [-0.2, 0) is 0 Å². The first-order chi connectivity index (χ1) is 8.51. The van der Waals surface area contributed by atoms with Crippen LogP contribution in [0.15, 0.2) is 28.7 Å². The molecule has 1 heterocycles. The van der Waals surface area contributed by atoms with E-state index in [1.54, 1.807) is 0 Å². The second kappa shape index (κ2) is 4.99. The summed E-state index contributed by atoms with van der Waals surface area (Å²) >= 11 is 0. The van der Waals surface area contributed by atoms with Crippen LogP contribution in [0.5, 0.6) is 0 Å². The monoisotopic (exact) mass is 243 g/mol. The lowest BCUT2D eigenvalue weighted by atomic mass is 9.99. The molecular weight excluding hydrogens is 222 g/mol. The zero-order chi connectivity index (χ0) is 13.3. The standard InChI is InChI=1S/C16H21NO/c1-10-6-11(2)8-14(7-10)16(17-5)15-9-12(3)13(4)18-15/h6-9,16-17H,1-5H3. The van der Waals surface area contributed by atoms with Gasteiger partial charge in [-0.15, -0.1) is 0 Å². The van der Waals surface area contributed by atoms with Crippen molar-refractivity contribution in [2.45, 2.75) is 33.7 Å². The molecule has 0 saturated heterocycles. The van der Waals surface area contributed by atoms with Crippen molar-refractivity contribution in [1.29, 1.82) is 0 Å². The van der Waals surface area contributed by atoms with E-state index in [1.807, 2.05) is 14.0 Å². The molecular formula is C16H21NO. The van der Waals surface area contributed by atoms with Gasteiger partial charge in [0.25, 0.3) is 0 Å². The molecule has 0 amide bonds. The highest BCUT2D eigenvalue weighted by Crippen LogP contribution is 2.27.